The lowest BCUT2D eigenvalue weighted by Crippen LogP contribution is -2.05. The van der Waals surface area contributed by atoms with E-state index in [0.29, 0.717) is 5.69 Å². The molecule has 0 spiro atoms. The van der Waals surface area contributed by atoms with Crippen molar-refractivity contribution in [2.75, 3.05) is 5.32 Å². The van der Waals surface area contributed by atoms with Crippen LogP contribution in [-0.2, 0) is 0 Å². The summed E-state index contributed by atoms with van der Waals surface area (Å²) in [5, 5.41) is 5.34. The molecule has 0 unspecified atom stereocenters. The van der Waals surface area contributed by atoms with Gasteiger partial charge in [-0.1, -0.05) is 18.2 Å². The highest BCUT2D eigenvalue weighted by Crippen LogP contribution is 2.12. The zero-order valence-corrected chi connectivity index (χ0v) is 7.06. The molecule has 5 heteroatoms. The van der Waals surface area contributed by atoms with Crippen molar-refractivity contribution in [2.45, 2.75) is 6.92 Å². The Morgan fingerprint density at radius 3 is 2.85 bits per heavy atom. The van der Waals surface area contributed by atoms with Crippen molar-refractivity contribution in [1.82, 2.24) is 0 Å². The van der Waals surface area contributed by atoms with Gasteiger partial charge in [0, 0.05) is 15.7 Å². The number of para-hydroxylation sites is 1. The molecule has 0 saturated heterocycles. The Balaban J connectivity index is 2.80. The normalized spacial score (nSPS) is 8.69. The van der Waals surface area contributed by atoms with Gasteiger partial charge in [0.05, 0.1) is 0 Å². The molecule has 2 amide bonds. The Morgan fingerprint density at radius 2 is 2.23 bits per heavy atom. The fraction of sp³-hybridized carbons (Fsp3) is 0.125. The predicted molar refractivity (Wildman–Crippen MR) is 49.3 cm³/mol. The van der Waals surface area contributed by atoms with Crippen molar-refractivity contribution in [3.63, 3.8) is 0 Å². The molecule has 66 valence electrons. The van der Waals surface area contributed by atoms with Gasteiger partial charge in [-0.15, -0.1) is 0 Å². The largest absolute Gasteiger partial charge is 0.320 e. The molecule has 13 heavy (non-hydrogen) atoms. The average molecular weight is 176 g/mol. The van der Waals surface area contributed by atoms with Gasteiger partial charge in [-0.3, -0.25) is 4.79 Å². The number of aryl methyl sites for hydroxylation is 1. The lowest BCUT2D eigenvalue weighted by atomic mass is 10.2. The smallest absolute Gasteiger partial charge is 0.312 e. The second-order valence-corrected chi connectivity index (χ2v) is 2.43. The van der Waals surface area contributed by atoms with Crippen LogP contribution >= 0.6 is 0 Å². The van der Waals surface area contributed by atoms with Crippen LogP contribution in [0.2, 0.25) is 0 Å². The number of rotatable bonds is 1. The summed E-state index contributed by atoms with van der Waals surface area (Å²) < 4.78 is 0. The minimum Gasteiger partial charge on any atom is -0.320 e. The van der Waals surface area contributed by atoms with E-state index in [1.54, 1.807) is 12.1 Å². The first-order chi connectivity index (χ1) is 6.24. The topological polar surface area (TPSA) is 77.9 Å². The monoisotopic (exact) mass is 176 g/mol. The molecule has 0 fully saturated rings. The van der Waals surface area contributed by atoms with Gasteiger partial charge in [0.25, 0.3) is 0 Å². The number of urea groups is 1. The lowest BCUT2D eigenvalue weighted by Gasteiger charge is -2.03. The molecule has 0 atom stereocenters. The number of azide groups is 1. The molecule has 0 aromatic heterocycles. The lowest BCUT2D eigenvalue weighted by molar-refractivity contribution is 0.259. The molecule has 0 aliphatic rings. The second kappa shape index (κ2) is 4.13. The third-order valence-electron chi connectivity index (χ3n) is 1.52. The third kappa shape index (κ3) is 2.50. The van der Waals surface area contributed by atoms with E-state index in [-0.39, 0.29) is 0 Å². The molecule has 0 aliphatic heterocycles. The van der Waals surface area contributed by atoms with E-state index < -0.39 is 6.03 Å². The van der Waals surface area contributed by atoms with Crippen molar-refractivity contribution in [1.29, 1.82) is 0 Å². The zero-order valence-electron chi connectivity index (χ0n) is 7.06. The molecule has 0 aliphatic carbocycles. The maximum absolute atomic E-state index is 10.8. The fourth-order valence-electron chi connectivity index (χ4n) is 0.894. The number of carbonyl (C=O) groups excluding carboxylic acids is 1. The first-order valence-corrected chi connectivity index (χ1v) is 3.66. The molecule has 1 N–H and O–H groups in total. The van der Waals surface area contributed by atoms with Crippen LogP contribution in [0.25, 0.3) is 10.4 Å². The van der Waals surface area contributed by atoms with Crippen LogP contribution in [0.4, 0.5) is 10.5 Å². The molecule has 0 radical (unpaired) electrons. The summed E-state index contributed by atoms with van der Waals surface area (Å²) in [6, 6.07) is 6.54. The summed E-state index contributed by atoms with van der Waals surface area (Å²) in [5.41, 5.74) is 9.55. The van der Waals surface area contributed by atoms with Gasteiger partial charge in [0.15, 0.2) is 0 Å². The van der Waals surface area contributed by atoms with Crippen LogP contribution in [-0.4, -0.2) is 6.03 Å². The fourth-order valence-corrected chi connectivity index (χ4v) is 0.894. The van der Waals surface area contributed by atoms with Crippen molar-refractivity contribution >= 4 is 11.7 Å². The molecule has 1 aromatic carbocycles. The van der Waals surface area contributed by atoms with Crippen molar-refractivity contribution in [3.05, 3.63) is 40.3 Å². The highest BCUT2D eigenvalue weighted by atomic mass is 16.2. The van der Waals surface area contributed by atoms with Gasteiger partial charge < -0.3 is 5.32 Å². The van der Waals surface area contributed by atoms with E-state index in [1.807, 2.05) is 19.1 Å². The zero-order chi connectivity index (χ0) is 9.68. The molecular weight excluding hydrogens is 168 g/mol. The van der Waals surface area contributed by atoms with Crippen molar-refractivity contribution < 1.29 is 4.79 Å². The van der Waals surface area contributed by atoms with E-state index in [1.165, 1.54) is 0 Å². The first-order valence-electron chi connectivity index (χ1n) is 3.66. The van der Waals surface area contributed by atoms with Crippen LogP contribution in [0.5, 0.6) is 0 Å². The SMILES string of the molecule is Cc1ccccc1NC(=O)N=[N+]=[N-]. The molecule has 5 nitrogen and oxygen atoms in total. The van der Waals surface area contributed by atoms with E-state index in [4.69, 9.17) is 5.53 Å². The minimum atomic E-state index is -0.697. The van der Waals surface area contributed by atoms with Crippen LogP contribution in [0.15, 0.2) is 29.4 Å². The summed E-state index contributed by atoms with van der Waals surface area (Å²) in [5.74, 6) is 0. The Bertz CT molecular complexity index is 368. The van der Waals surface area contributed by atoms with Gasteiger partial charge in [-0.05, 0) is 24.1 Å². The summed E-state index contributed by atoms with van der Waals surface area (Å²) in [7, 11) is 0. The molecule has 0 bridgehead atoms. The number of benzene rings is 1. The van der Waals surface area contributed by atoms with Crippen LogP contribution in [0.1, 0.15) is 5.56 Å². The van der Waals surface area contributed by atoms with Gasteiger partial charge in [0.1, 0.15) is 0 Å². The molecule has 0 heterocycles. The van der Waals surface area contributed by atoms with E-state index >= 15 is 0 Å². The Morgan fingerprint density at radius 1 is 1.54 bits per heavy atom. The van der Waals surface area contributed by atoms with Gasteiger partial charge in [-0.25, -0.2) is 0 Å². The first kappa shape index (κ1) is 9.09. The molecular formula is C8H8N4O. The maximum atomic E-state index is 10.8. The van der Waals surface area contributed by atoms with Gasteiger partial charge in [-0.2, -0.15) is 0 Å². The number of amides is 2. The second-order valence-electron chi connectivity index (χ2n) is 2.43. The number of anilines is 1. The Kier molecular flexibility index (Phi) is 2.89. The Labute approximate surface area is 75.0 Å². The van der Waals surface area contributed by atoms with Crippen molar-refractivity contribution in [2.24, 2.45) is 5.11 Å². The van der Waals surface area contributed by atoms with Crippen LogP contribution < -0.4 is 5.32 Å². The molecule has 0 saturated carbocycles. The number of nitrogens with one attached hydrogen (secondary N) is 1. The number of hydrogen-bond acceptors (Lipinski definition) is 1. The van der Waals surface area contributed by atoms with Crippen LogP contribution in [0.3, 0.4) is 0 Å². The highest BCUT2D eigenvalue weighted by Gasteiger charge is 1.99. The molecule has 1 aromatic rings. The summed E-state index contributed by atoms with van der Waals surface area (Å²) >= 11 is 0. The van der Waals surface area contributed by atoms with E-state index in [9.17, 15) is 4.79 Å². The highest BCUT2D eigenvalue weighted by molar-refractivity contribution is 5.90. The van der Waals surface area contributed by atoms with Gasteiger partial charge >= 0.3 is 6.03 Å². The van der Waals surface area contributed by atoms with E-state index in [0.717, 1.165) is 5.56 Å². The van der Waals surface area contributed by atoms with Crippen molar-refractivity contribution in [3.8, 4) is 0 Å². The van der Waals surface area contributed by atoms with Gasteiger partial charge in [0.2, 0.25) is 0 Å². The quantitative estimate of drug-likeness (QED) is 0.398. The number of carbonyl (C=O) groups is 1. The maximum Gasteiger partial charge on any atom is 0.312 e. The standard InChI is InChI=1S/C8H8N4O/c1-6-4-2-3-5-7(6)10-8(13)11-12-9/h2-5H,1H3,(H,10,13). The molecule has 1 rings (SSSR count). The Hall–Kier alpha value is -2.00. The summed E-state index contributed by atoms with van der Waals surface area (Å²) in [6.07, 6.45) is 0. The predicted octanol–water partition coefficient (Wildman–Crippen LogP) is 2.84. The third-order valence-corrected chi connectivity index (χ3v) is 1.52. The average Bonchev–Trinajstić information content (AvgIpc) is 2.09. The number of hydrogen-bond donors (Lipinski definition) is 1. The van der Waals surface area contributed by atoms with E-state index in [2.05, 4.69) is 15.3 Å². The minimum absolute atomic E-state index is 0.653. The summed E-state index contributed by atoms with van der Waals surface area (Å²) in [6.45, 7) is 1.85. The number of nitrogens with zero attached hydrogens (tertiary/aromatic N) is 3. The van der Waals surface area contributed by atoms with Crippen LogP contribution in [0, 0.1) is 6.92 Å². The summed E-state index contributed by atoms with van der Waals surface area (Å²) in [4.78, 5) is 13.2.